The van der Waals surface area contributed by atoms with Crippen molar-refractivity contribution in [2.45, 2.75) is 25.8 Å². The highest BCUT2D eigenvalue weighted by molar-refractivity contribution is 14.0. The molecular formula is C24H42IN5O3. The summed E-state index contributed by atoms with van der Waals surface area (Å²) >= 11 is 0. The number of aliphatic imine (C=N–C) groups is 1. The molecule has 2 saturated heterocycles. The molecule has 0 spiro atoms. The average molecular weight is 576 g/mol. The fraction of sp³-hybridized carbons (Fsp3) is 0.708. The van der Waals surface area contributed by atoms with Gasteiger partial charge in [-0.1, -0.05) is 0 Å². The van der Waals surface area contributed by atoms with Crippen LogP contribution in [-0.2, 0) is 6.54 Å². The molecule has 2 heterocycles. The van der Waals surface area contributed by atoms with Crippen molar-refractivity contribution >= 4 is 29.9 Å². The minimum Gasteiger partial charge on any atom is -0.493 e. The van der Waals surface area contributed by atoms with Crippen LogP contribution in [-0.4, -0.2) is 102 Å². The summed E-state index contributed by atoms with van der Waals surface area (Å²) < 4.78 is 16.4. The molecule has 3 rings (SSSR count). The molecule has 0 aromatic heterocycles. The molecule has 1 aromatic rings. The third-order valence-corrected chi connectivity index (χ3v) is 6.69. The van der Waals surface area contributed by atoms with Gasteiger partial charge in [-0.25, -0.2) is 0 Å². The Kier molecular flexibility index (Phi) is 11.8. The number of nitrogens with one attached hydrogen (secondary N) is 1. The Morgan fingerprint density at radius 2 is 1.58 bits per heavy atom. The Balaban J connectivity index is 0.00000385. The van der Waals surface area contributed by atoms with E-state index in [1.807, 2.05) is 19.2 Å². The van der Waals surface area contributed by atoms with Crippen molar-refractivity contribution < 1.29 is 14.2 Å². The van der Waals surface area contributed by atoms with Crippen molar-refractivity contribution in [2.75, 3.05) is 81.2 Å². The first kappa shape index (κ1) is 27.8. The number of ether oxygens (including phenoxy) is 3. The first-order chi connectivity index (χ1) is 15.6. The van der Waals surface area contributed by atoms with Crippen molar-refractivity contribution in [3.8, 4) is 17.2 Å². The molecule has 1 aromatic carbocycles. The smallest absolute Gasteiger partial charge is 0.203 e. The van der Waals surface area contributed by atoms with E-state index in [-0.39, 0.29) is 24.0 Å². The van der Waals surface area contributed by atoms with E-state index in [0.717, 1.165) is 56.7 Å². The number of methoxy groups -OCH3 is 3. The van der Waals surface area contributed by atoms with Gasteiger partial charge in [0, 0.05) is 46.3 Å². The lowest BCUT2D eigenvalue weighted by Crippen LogP contribution is -2.52. The van der Waals surface area contributed by atoms with Crippen molar-refractivity contribution in [1.82, 2.24) is 20.0 Å². The molecule has 0 atom stereocenters. The molecule has 2 fully saturated rings. The fourth-order valence-electron chi connectivity index (χ4n) is 4.67. The number of halogens is 1. The summed E-state index contributed by atoms with van der Waals surface area (Å²) in [6.45, 7) is 8.25. The molecule has 2 aliphatic rings. The van der Waals surface area contributed by atoms with Crippen molar-refractivity contribution in [3.63, 3.8) is 0 Å². The van der Waals surface area contributed by atoms with Gasteiger partial charge in [-0.2, -0.15) is 0 Å². The number of likely N-dealkylation sites (tertiary alicyclic amines) is 1. The first-order valence-electron chi connectivity index (χ1n) is 11.7. The van der Waals surface area contributed by atoms with E-state index in [2.05, 4.69) is 32.1 Å². The summed E-state index contributed by atoms with van der Waals surface area (Å²) in [5.41, 5.74) is 1.16. The van der Waals surface area contributed by atoms with Gasteiger partial charge < -0.3 is 29.3 Å². The summed E-state index contributed by atoms with van der Waals surface area (Å²) in [4.78, 5) is 11.8. The van der Waals surface area contributed by atoms with Crippen LogP contribution in [0.3, 0.4) is 0 Å². The number of piperidine rings is 1. The Morgan fingerprint density at radius 1 is 0.970 bits per heavy atom. The van der Waals surface area contributed by atoms with Gasteiger partial charge >= 0.3 is 0 Å². The Morgan fingerprint density at radius 3 is 2.09 bits per heavy atom. The van der Waals surface area contributed by atoms with E-state index < -0.39 is 0 Å². The molecule has 0 amide bonds. The van der Waals surface area contributed by atoms with E-state index in [9.17, 15) is 0 Å². The minimum absolute atomic E-state index is 0. The molecule has 0 bridgehead atoms. The number of piperazine rings is 1. The highest BCUT2D eigenvalue weighted by Crippen LogP contribution is 2.38. The van der Waals surface area contributed by atoms with Crippen LogP contribution in [0.15, 0.2) is 17.1 Å². The van der Waals surface area contributed by atoms with Crippen molar-refractivity contribution in [3.05, 3.63) is 17.7 Å². The summed E-state index contributed by atoms with van der Waals surface area (Å²) in [5.74, 6) is 3.92. The van der Waals surface area contributed by atoms with E-state index in [1.54, 1.807) is 21.3 Å². The standard InChI is InChI=1S/C24H41N5O3.HI/c1-25-24(26-9-6-19-7-10-27(2)11-8-19)29-14-12-28(13-15-29)18-20-16-21(30-3)23(32-5)22(17-20)31-4;/h16-17,19H,6-15,18H2,1-5H3,(H,25,26);1H. The quantitative estimate of drug-likeness (QED) is 0.291. The van der Waals surface area contributed by atoms with Gasteiger partial charge in [0.2, 0.25) is 5.75 Å². The zero-order valence-corrected chi connectivity index (χ0v) is 23.3. The van der Waals surface area contributed by atoms with E-state index in [0.29, 0.717) is 17.2 Å². The second-order valence-corrected chi connectivity index (χ2v) is 8.81. The van der Waals surface area contributed by atoms with Gasteiger partial charge in [0.15, 0.2) is 17.5 Å². The molecule has 188 valence electrons. The molecule has 2 aliphatic heterocycles. The summed E-state index contributed by atoms with van der Waals surface area (Å²) in [6, 6.07) is 4.08. The summed E-state index contributed by atoms with van der Waals surface area (Å²) in [7, 11) is 9.06. The van der Waals surface area contributed by atoms with Crippen LogP contribution in [0.1, 0.15) is 24.8 Å². The molecule has 33 heavy (non-hydrogen) atoms. The normalized spacial score (nSPS) is 18.6. The van der Waals surface area contributed by atoms with Crippen molar-refractivity contribution in [1.29, 1.82) is 0 Å². The second-order valence-electron chi connectivity index (χ2n) is 8.81. The molecule has 8 nitrogen and oxygen atoms in total. The van der Waals surface area contributed by atoms with Gasteiger partial charge in [0.1, 0.15) is 0 Å². The fourth-order valence-corrected chi connectivity index (χ4v) is 4.67. The highest BCUT2D eigenvalue weighted by Gasteiger charge is 2.22. The summed E-state index contributed by atoms with van der Waals surface area (Å²) in [5, 5.41) is 3.60. The number of hydrogen-bond donors (Lipinski definition) is 1. The third kappa shape index (κ3) is 7.78. The number of rotatable bonds is 8. The van der Waals surface area contributed by atoms with Crippen LogP contribution in [0, 0.1) is 5.92 Å². The van der Waals surface area contributed by atoms with Crippen LogP contribution >= 0.6 is 24.0 Å². The maximum absolute atomic E-state index is 5.50. The lowest BCUT2D eigenvalue weighted by molar-refractivity contribution is 0.171. The van der Waals surface area contributed by atoms with E-state index in [1.165, 1.54) is 32.4 Å². The maximum Gasteiger partial charge on any atom is 0.203 e. The van der Waals surface area contributed by atoms with Crippen molar-refractivity contribution in [2.24, 2.45) is 10.9 Å². The first-order valence-corrected chi connectivity index (χ1v) is 11.7. The predicted molar refractivity (Wildman–Crippen MR) is 145 cm³/mol. The molecule has 0 unspecified atom stereocenters. The maximum atomic E-state index is 5.50. The predicted octanol–water partition coefficient (Wildman–Crippen LogP) is 2.76. The summed E-state index contributed by atoms with van der Waals surface area (Å²) in [6.07, 6.45) is 3.86. The Labute approximate surface area is 216 Å². The zero-order valence-electron chi connectivity index (χ0n) is 20.9. The van der Waals surface area contributed by atoms with Crippen LogP contribution in [0.4, 0.5) is 0 Å². The largest absolute Gasteiger partial charge is 0.493 e. The van der Waals surface area contributed by atoms with Crippen LogP contribution in [0.5, 0.6) is 17.2 Å². The van der Waals surface area contributed by atoms with E-state index in [4.69, 9.17) is 14.2 Å². The van der Waals surface area contributed by atoms with Gasteiger partial charge in [-0.3, -0.25) is 9.89 Å². The Bertz CT molecular complexity index is 723. The molecule has 0 aliphatic carbocycles. The topological polar surface area (TPSA) is 61.8 Å². The monoisotopic (exact) mass is 575 g/mol. The lowest BCUT2D eigenvalue weighted by atomic mass is 9.94. The van der Waals surface area contributed by atoms with Gasteiger partial charge in [-0.15, -0.1) is 24.0 Å². The number of guanidine groups is 1. The third-order valence-electron chi connectivity index (χ3n) is 6.69. The SMILES string of the molecule is CN=C(NCCC1CCN(C)CC1)N1CCN(Cc2cc(OC)c(OC)c(OC)c2)CC1.I. The molecule has 9 heteroatoms. The minimum atomic E-state index is 0. The molecule has 1 N–H and O–H groups in total. The Hall–Kier alpha value is -1.46. The number of nitrogens with zero attached hydrogens (tertiary/aromatic N) is 4. The van der Waals surface area contributed by atoms with Crippen LogP contribution < -0.4 is 19.5 Å². The van der Waals surface area contributed by atoms with Crippen LogP contribution in [0.25, 0.3) is 0 Å². The zero-order chi connectivity index (χ0) is 22.9. The van der Waals surface area contributed by atoms with Crippen LogP contribution in [0.2, 0.25) is 0 Å². The van der Waals surface area contributed by atoms with E-state index >= 15 is 0 Å². The number of benzene rings is 1. The number of hydrogen-bond acceptors (Lipinski definition) is 6. The van der Waals surface area contributed by atoms with Gasteiger partial charge in [0.25, 0.3) is 0 Å². The lowest BCUT2D eigenvalue weighted by Gasteiger charge is -2.37. The molecule has 0 radical (unpaired) electrons. The highest BCUT2D eigenvalue weighted by atomic mass is 127. The molecule has 0 saturated carbocycles. The molecular weight excluding hydrogens is 533 g/mol. The second kappa shape index (κ2) is 14.1. The van der Waals surface area contributed by atoms with Gasteiger partial charge in [-0.05, 0) is 63.0 Å². The van der Waals surface area contributed by atoms with Gasteiger partial charge in [0.05, 0.1) is 21.3 Å². The average Bonchev–Trinajstić information content (AvgIpc) is 2.83.